The molecule has 7 nitrogen and oxygen atoms in total. The minimum Gasteiger partial charge on any atom is -0.371 e. The van der Waals surface area contributed by atoms with Crippen LogP contribution in [0, 0.1) is 6.92 Å². The van der Waals surface area contributed by atoms with Crippen LogP contribution in [-0.2, 0) is 11.3 Å². The highest BCUT2D eigenvalue weighted by Gasteiger charge is 2.17. The molecule has 7 heteroatoms. The Kier molecular flexibility index (Phi) is 5.31. The fourth-order valence-corrected chi connectivity index (χ4v) is 4.49. The van der Waals surface area contributed by atoms with E-state index in [1.54, 1.807) is 37.5 Å². The first-order valence-electron chi connectivity index (χ1n) is 11.0. The molecule has 5 rings (SSSR count). The van der Waals surface area contributed by atoms with Gasteiger partial charge >= 0.3 is 0 Å². The van der Waals surface area contributed by atoms with Gasteiger partial charge in [0.05, 0.1) is 16.6 Å². The number of anilines is 2. The third-order valence-corrected chi connectivity index (χ3v) is 6.12. The number of nitrogens with one attached hydrogen (secondary N) is 1. The number of aryl methyl sites for hydroxylation is 1. The summed E-state index contributed by atoms with van der Waals surface area (Å²) in [7, 11) is 0. The normalized spacial score (nSPS) is 14.1. The van der Waals surface area contributed by atoms with Crippen LogP contribution in [0.3, 0.4) is 0 Å². The van der Waals surface area contributed by atoms with Crippen molar-refractivity contribution in [1.82, 2.24) is 14.5 Å². The lowest BCUT2D eigenvalue weighted by Crippen LogP contribution is -2.30. The van der Waals surface area contributed by atoms with Gasteiger partial charge in [0.2, 0.25) is 5.91 Å². The van der Waals surface area contributed by atoms with Crippen LogP contribution < -0.4 is 15.8 Å². The van der Waals surface area contributed by atoms with Crippen LogP contribution in [0.4, 0.5) is 11.4 Å². The van der Waals surface area contributed by atoms with Gasteiger partial charge in [-0.1, -0.05) is 12.1 Å². The van der Waals surface area contributed by atoms with Crippen LogP contribution in [0.1, 0.15) is 25.1 Å². The van der Waals surface area contributed by atoms with Gasteiger partial charge in [0.25, 0.3) is 5.56 Å². The smallest absolute Gasteiger partial charge is 0.261 e. The van der Waals surface area contributed by atoms with Crippen molar-refractivity contribution >= 4 is 39.0 Å². The molecule has 3 heterocycles. The zero-order chi connectivity index (χ0) is 22.1. The van der Waals surface area contributed by atoms with Gasteiger partial charge in [0, 0.05) is 41.9 Å². The molecule has 2 aromatic heterocycles. The number of para-hydroxylation sites is 1. The molecular weight excluding hydrogens is 402 g/mol. The number of aromatic nitrogens is 3. The number of pyridine rings is 1. The average Bonchev–Trinajstić information content (AvgIpc) is 2.82. The first kappa shape index (κ1) is 20.2. The van der Waals surface area contributed by atoms with Crippen LogP contribution >= 0.6 is 0 Å². The Morgan fingerprint density at radius 3 is 2.66 bits per heavy atom. The van der Waals surface area contributed by atoms with Crippen molar-refractivity contribution in [3.63, 3.8) is 0 Å². The van der Waals surface area contributed by atoms with Crippen molar-refractivity contribution < 1.29 is 4.79 Å². The number of rotatable bonds is 4. The first-order valence-corrected chi connectivity index (χ1v) is 11.0. The van der Waals surface area contributed by atoms with E-state index in [0.717, 1.165) is 23.9 Å². The van der Waals surface area contributed by atoms with Gasteiger partial charge < -0.3 is 10.2 Å². The van der Waals surface area contributed by atoms with E-state index < -0.39 is 0 Å². The molecule has 1 fully saturated rings. The van der Waals surface area contributed by atoms with Crippen LogP contribution in [0.15, 0.2) is 59.7 Å². The van der Waals surface area contributed by atoms with E-state index in [9.17, 15) is 9.59 Å². The molecule has 0 bridgehead atoms. The van der Waals surface area contributed by atoms with Gasteiger partial charge in [-0.3, -0.25) is 19.1 Å². The fraction of sp³-hybridized carbons (Fsp3) is 0.280. The van der Waals surface area contributed by atoms with Crippen molar-refractivity contribution in [1.29, 1.82) is 0 Å². The molecule has 32 heavy (non-hydrogen) atoms. The minimum atomic E-state index is -0.275. The highest BCUT2D eigenvalue weighted by Crippen LogP contribution is 2.33. The zero-order valence-corrected chi connectivity index (χ0v) is 18.0. The predicted molar refractivity (Wildman–Crippen MR) is 127 cm³/mol. The monoisotopic (exact) mass is 427 g/mol. The lowest BCUT2D eigenvalue weighted by Gasteiger charge is -2.30. The van der Waals surface area contributed by atoms with E-state index >= 15 is 0 Å². The largest absolute Gasteiger partial charge is 0.371 e. The second kappa shape index (κ2) is 8.42. The maximum absolute atomic E-state index is 12.9. The summed E-state index contributed by atoms with van der Waals surface area (Å²) in [6.07, 6.45) is 7.23. The van der Waals surface area contributed by atoms with Crippen molar-refractivity contribution in [2.45, 2.75) is 32.7 Å². The number of hydrogen-bond acceptors (Lipinski definition) is 5. The summed E-state index contributed by atoms with van der Waals surface area (Å²) in [5, 5.41) is 5.45. The molecule has 2 aromatic carbocycles. The molecular formula is C25H25N5O2. The van der Waals surface area contributed by atoms with Gasteiger partial charge in [0.1, 0.15) is 12.4 Å². The van der Waals surface area contributed by atoms with Gasteiger partial charge in [-0.05, 0) is 56.5 Å². The summed E-state index contributed by atoms with van der Waals surface area (Å²) < 4.78 is 1.42. The van der Waals surface area contributed by atoms with E-state index in [-0.39, 0.29) is 18.0 Å². The Bertz CT molecular complexity index is 1370. The Hall–Kier alpha value is -3.74. The lowest BCUT2D eigenvalue weighted by molar-refractivity contribution is -0.116. The number of piperidine rings is 1. The van der Waals surface area contributed by atoms with Crippen LogP contribution in [-0.4, -0.2) is 33.5 Å². The third-order valence-electron chi connectivity index (χ3n) is 6.12. The first-order chi connectivity index (χ1) is 15.6. The molecule has 0 aliphatic carbocycles. The van der Waals surface area contributed by atoms with Crippen molar-refractivity contribution in [2.75, 3.05) is 23.3 Å². The van der Waals surface area contributed by atoms with Gasteiger partial charge in [0.15, 0.2) is 0 Å². The summed E-state index contributed by atoms with van der Waals surface area (Å²) in [6.45, 7) is 3.73. The summed E-state index contributed by atoms with van der Waals surface area (Å²) in [4.78, 5) is 37.0. The average molecular weight is 428 g/mol. The van der Waals surface area contributed by atoms with Crippen LogP contribution in [0.25, 0.3) is 21.7 Å². The molecule has 1 amide bonds. The van der Waals surface area contributed by atoms with Gasteiger partial charge in [-0.15, -0.1) is 0 Å². The zero-order valence-electron chi connectivity index (χ0n) is 18.0. The molecule has 1 N–H and O–H groups in total. The van der Waals surface area contributed by atoms with Crippen molar-refractivity contribution in [2.24, 2.45) is 0 Å². The number of carbonyl (C=O) groups excluding carboxylic acids is 1. The van der Waals surface area contributed by atoms with E-state index in [2.05, 4.69) is 26.3 Å². The Balaban J connectivity index is 1.45. The summed E-state index contributed by atoms with van der Waals surface area (Å²) in [5.41, 5.74) is 2.29. The number of fused-ring (bicyclic) bond motifs is 2. The molecule has 0 atom stereocenters. The molecule has 0 radical (unpaired) electrons. The number of nitrogens with zero attached hydrogens (tertiary/aromatic N) is 4. The van der Waals surface area contributed by atoms with Crippen LogP contribution in [0.2, 0.25) is 0 Å². The lowest BCUT2D eigenvalue weighted by atomic mass is 10.1. The Labute approximate surface area is 185 Å². The van der Waals surface area contributed by atoms with Gasteiger partial charge in [-0.2, -0.15) is 0 Å². The molecule has 1 aliphatic heterocycles. The van der Waals surface area contributed by atoms with E-state index in [1.165, 1.54) is 29.5 Å². The predicted octanol–water partition coefficient (Wildman–Crippen LogP) is 3.88. The SMILES string of the molecule is Cc1nc2ccccc2c(=O)n1CC(=O)Nc1ccc(N2CCCCC2)c2ccncc12. The summed E-state index contributed by atoms with van der Waals surface area (Å²) >= 11 is 0. The number of carbonyl (C=O) groups is 1. The van der Waals surface area contributed by atoms with Crippen LogP contribution in [0.5, 0.6) is 0 Å². The Morgan fingerprint density at radius 2 is 1.81 bits per heavy atom. The maximum Gasteiger partial charge on any atom is 0.261 e. The fourth-order valence-electron chi connectivity index (χ4n) is 4.49. The molecule has 0 spiro atoms. The molecule has 1 aliphatic rings. The van der Waals surface area contributed by atoms with Crippen molar-refractivity contribution in [3.05, 3.63) is 71.0 Å². The summed E-state index contributed by atoms with van der Waals surface area (Å²) in [6, 6.07) is 13.2. The minimum absolute atomic E-state index is 0.0991. The van der Waals surface area contributed by atoms with E-state index in [4.69, 9.17) is 0 Å². The van der Waals surface area contributed by atoms with Gasteiger partial charge in [-0.25, -0.2) is 4.98 Å². The third kappa shape index (κ3) is 3.70. The quantitative estimate of drug-likeness (QED) is 0.535. The van der Waals surface area contributed by atoms with Crippen molar-refractivity contribution in [3.8, 4) is 0 Å². The maximum atomic E-state index is 12.9. The highest BCUT2D eigenvalue weighted by molar-refractivity contribution is 6.06. The topological polar surface area (TPSA) is 80.1 Å². The standard InChI is InChI=1S/C25H25N5O2/c1-17-27-21-8-4-3-7-19(21)25(32)30(17)16-24(31)28-22-9-10-23(29-13-5-2-6-14-29)18-11-12-26-15-20(18)22/h3-4,7-12,15H,2,5-6,13-14,16H2,1H3,(H,28,31). The second-order valence-electron chi connectivity index (χ2n) is 8.22. The summed E-state index contributed by atoms with van der Waals surface area (Å²) in [5.74, 6) is 0.235. The number of benzene rings is 2. The molecule has 0 saturated carbocycles. The Morgan fingerprint density at radius 1 is 1.00 bits per heavy atom. The second-order valence-corrected chi connectivity index (χ2v) is 8.22. The number of amides is 1. The number of hydrogen-bond donors (Lipinski definition) is 1. The molecule has 1 saturated heterocycles. The molecule has 0 unspecified atom stereocenters. The molecule has 162 valence electrons. The molecule has 4 aromatic rings. The van der Waals surface area contributed by atoms with E-state index in [0.29, 0.717) is 22.4 Å². The highest BCUT2D eigenvalue weighted by atomic mass is 16.2. The van der Waals surface area contributed by atoms with E-state index in [1.807, 2.05) is 18.2 Å².